The van der Waals surface area contributed by atoms with Crippen LogP contribution in [0.3, 0.4) is 0 Å². The molecule has 8 nitrogen and oxygen atoms in total. The molecule has 1 unspecified atom stereocenters. The molecule has 24 heavy (non-hydrogen) atoms. The Morgan fingerprint density at radius 3 is 2.67 bits per heavy atom. The van der Waals surface area contributed by atoms with Gasteiger partial charge < -0.3 is 4.74 Å². The highest BCUT2D eigenvalue weighted by Crippen LogP contribution is 2.33. The largest absolute Gasteiger partial charge is 0.485 e. The van der Waals surface area contributed by atoms with Crippen molar-refractivity contribution in [3.8, 4) is 5.75 Å². The Morgan fingerprint density at radius 2 is 2.00 bits per heavy atom. The number of ether oxygens (including phenoxy) is 1. The van der Waals surface area contributed by atoms with Crippen molar-refractivity contribution in [1.29, 1.82) is 0 Å². The molecule has 3 rings (SSSR count). The maximum absolute atomic E-state index is 12.7. The van der Waals surface area contributed by atoms with Crippen LogP contribution in [0.2, 0.25) is 0 Å². The van der Waals surface area contributed by atoms with Gasteiger partial charge in [0, 0.05) is 6.42 Å². The first kappa shape index (κ1) is 15.9. The fraction of sp³-hybridized carbons (Fsp3) is 0.312. The number of hydrogen-bond donors (Lipinski definition) is 1. The number of Topliss-reactive ketones (excluding diaryl/α,β-unsaturated/α-hetero) is 1. The summed E-state index contributed by atoms with van der Waals surface area (Å²) in [5.41, 5.74) is 0.152. The summed E-state index contributed by atoms with van der Waals surface area (Å²) in [7, 11) is 0. The molecule has 0 radical (unpaired) electrons. The van der Waals surface area contributed by atoms with Crippen molar-refractivity contribution in [2.24, 2.45) is 0 Å². The molecule has 1 atom stereocenters. The Kier molecular flexibility index (Phi) is 3.88. The molecule has 0 aromatic heterocycles. The van der Waals surface area contributed by atoms with Gasteiger partial charge in [0.15, 0.2) is 5.78 Å². The van der Waals surface area contributed by atoms with E-state index < -0.39 is 29.7 Å². The lowest BCUT2D eigenvalue weighted by molar-refractivity contribution is -0.136. The van der Waals surface area contributed by atoms with Crippen LogP contribution in [-0.4, -0.2) is 47.0 Å². The van der Waals surface area contributed by atoms with Crippen molar-refractivity contribution in [2.75, 3.05) is 6.61 Å². The number of ketones is 1. The first-order chi connectivity index (χ1) is 11.4. The summed E-state index contributed by atoms with van der Waals surface area (Å²) in [6.45, 7) is 1.11. The third-order valence-corrected chi connectivity index (χ3v) is 3.86. The minimum Gasteiger partial charge on any atom is -0.485 e. The average molecular weight is 330 g/mol. The van der Waals surface area contributed by atoms with Crippen molar-refractivity contribution in [3.63, 3.8) is 0 Å². The maximum atomic E-state index is 12.7. The van der Waals surface area contributed by atoms with E-state index in [2.05, 4.69) is 5.32 Å². The lowest BCUT2D eigenvalue weighted by Crippen LogP contribution is -2.54. The van der Waals surface area contributed by atoms with Gasteiger partial charge in [-0.2, -0.15) is 0 Å². The van der Waals surface area contributed by atoms with Crippen molar-refractivity contribution < 1.29 is 28.7 Å². The molecule has 0 aliphatic carbocycles. The molecule has 124 valence electrons. The van der Waals surface area contributed by atoms with Gasteiger partial charge in [-0.05, 0) is 25.5 Å². The zero-order valence-corrected chi connectivity index (χ0v) is 12.8. The smallest absolute Gasteiger partial charge is 0.266 e. The molecule has 4 amide bonds. The van der Waals surface area contributed by atoms with Gasteiger partial charge in [0.2, 0.25) is 11.8 Å². The molecule has 1 aromatic rings. The van der Waals surface area contributed by atoms with Gasteiger partial charge in [-0.25, -0.2) is 0 Å². The molecule has 1 saturated heterocycles. The number of benzene rings is 1. The molecule has 1 fully saturated rings. The molecule has 1 N–H and O–H groups in total. The highest BCUT2D eigenvalue weighted by Gasteiger charge is 2.45. The molecule has 2 aliphatic rings. The van der Waals surface area contributed by atoms with Crippen LogP contribution in [0.5, 0.6) is 5.75 Å². The van der Waals surface area contributed by atoms with E-state index in [1.54, 1.807) is 0 Å². The highest BCUT2D eigenvalue weighted by molar-refractivity contribution is 6.24. The van der Waals surface area contributed by atoms with Crippen LogP contribution in [0.4, 0.5) is 0 Å². The van der Waals surface area contributed by atoms with Crippen molar-refractivity contribution >= 4 is 29.4 Å². The summed E-state index contributed by atoms with van der Waals surface area (Å²) < 4.78 is 5.30. The van der Waals surface area contributed by atoms with E-state index >= 15 is 0 Å². The van der Waals surface area contributed by atoms with Crippen LogP contribution in [-0.2, 0) is 14.4 Å². The lowest BCUT2D eigenvalue weighted by atomic mass is 10.0. The Hall–Kier alpha value is -3.03. The minimum atomic E-state index is -1.03. The number of hydrogen-bond acceptors (Lipinski definition) is 6. The number of nitrogens with zero attached hydrogens (tertiary/aromatic N) is 1. The zero-order chi connectivity index (χ0) is 17.4. The summed E-state index contributed by atoms with van der Waals surface area (Å²) in [6.07, 6.45) is 0.136. The predicted molar refractivity (Wildman–Crippen MR) is 79.3 cm³/mol. The van der Waals surface area contributed by atoms with E-state index in [-0.39, 0.29) is 42.1 Å². The highest BCUT2D eigenvalue weighted by atomic mass is 16.5. The van der Waals surface area contributed by atoms with E-state index in [1.807, 2.05) is 0 Å². The van der Waals surface area contributed by atoms with Crippen LogP contribution in [0, 0.1) is 0 Å². The van der Waals surface area contributed by atoms with Gasteiger partial charge in [0.25, 0.3) is 11.8 Å². The second-order valence-electron chi connectivity index (χ2n) is 5.62. The van der Waals surface area contributed by atoms with Crippen LogP contribution in [0.1, 0.15) is 40.5 Å². The number of piperidine rings is 1. The molecular formula is C16H14N2O6. The number of carbonyl (C=O) groups excluding carboxylic acids is 5. The first-order valence-corrected chi connectivity index (χ1v) is 7.37. The normalized spacial score (nSPS) is 20.0. The van der Waals surface area contributed by atoms with E-state index in [0.717, 1.165) is 4.90 Å². The van der Waals surface area contributed by atoms with Crippen molar-refractivity contribution in [1.82, 2.24) is 10.2 Å². The minimum absolute atomic E-state index is 0.0356. The molecule has 1 aromatic carbocycles. The Balaban J connectivity index is 1.94. The number of imide groups is 2. The third kappa shape index (κ3) is 2.55. The molecule has 0 spiro atoms. The van der Waals surface area contributed by atoms with Gasteiger partial charge in [0.05, 0.1) is 11.1 Å². The monoisotopic (exact) mass is 330 g/mol. The van der Waals surface area contributed by atoms with Gasteiger partial charge in [-0.3, -0.25) is 34.2 Å². The van der Waals surface area contributed by atoms with Gasteiger partial charge in [-0.15, -0.1) is 0 Å². The van der Waals surface area contributed by atoms with Crippen molar-refractivity contribution in [3.05, 3.63) is 29.3 Å². The molecule has 2 aliphatic heterocycles. The quantitative estimate of drug-likeness (QED) is 0.782. The number of carbonyl (C=O) groups is 5. The summed E-state index contributed by atoms with van der Waals surface area (Å²) >= 11 is 0. The second-order valence-corrected chi connectivity index (χ2v) is 5.62. The summed E-state index contributed by atoms with van der Waals surface area (Å²) in [4.78, 5) is 60.4. The average Bonchev–Trinajstić information content (AvgIpc) is 2.78. The summed E-state index contributed by atoms with van der Waals surface area (Å²) in [5, 5.41) is 2.13. The maximum Gasteiger partial charge on any atom is 0.266 e. The molecule has 0 bridgehead atoms. The van der Waals surface area contributed by atoms with Crippen LogP contribution in [0.15, 0.2) is 18.2 Å². The standard InChI is InChI=1S/C16H14N2O6/c1-8(19)7-24-11-4-2-3-9-13(11)16(23)18(15(9)22)10-5-6-12(20)17-14(10)21/h2-4,10H,5-7H2,1H3,(H,17,20,21). The SMILES string of the molecule is CC(=O)COc1cccc2c1C(=O)N(C1CCC(=O)NC1=O)C2=O. The Morgan fingerprint density at radius 1 is 1.25 bits per heavy atom. The van der Waals surface area contributed by atoms with Crippen LogP contribution < -0.4 is 10.1 Å². The van der Waals surface area contributed by atoms with E-state index in [4.69, 9.17) is 4.74 Å². The second kappa shape index (κ2) is 5.88. The van der Waals surface area contributed by atoms with E-state index in [0.29, 0.717) is 0 Å². The van der Waals surface area contributed by atoms with E-state index in [9.17, 15) is 24.0 Å². The number of nitrogens with one attached hydrogen (secondary N) is 1. The molecule has 8 heteroatoms. The zero-order valence-electron chi connectivity index (χ0n) is 12.8. The number of amides is 4. The fourth-order valence-electron chi connectivity index (χ4n) is 2.78. The van der Waals surface area contributed by atoms with Gasteiger partial charge >= 0.3 is 0 Å². The van der Waals surface area contributed by atoms with Crippen LogP contribution in [0.25, 0.3) is 0 Å². The predicted octanol–water partition coefficient (Wildman–Crippen LogP) is 0.0556. The molecule has 2 heterocycles. The fourth-order valence-corrected chi connectivity index (χ4v) is 2.78. The topological polar surface area (TPSA) is 110 Å². The van der Waals surface area contributed by atoms with Crippen LogP contribution >= 0.6 is 0 Å². The number of fused-ring (bicyclic) bond motifs is 1. The summed E-state index contributed by atoms with van der Waals surface area (Å²) in [6, 6.07) is 3.45. The summed E-state index contributed by atoms with van der Waals surface area (Å²) in [5.74, 6) is -2.49. The van der Waals surface area contributed by atoms with E-state index in [1.165, 1.54) is 25.1 Å². The lowest BCUT2D eigenvalue weighted by Gasteiger charge is -2.27. The third-order valence-electron chi connectivity index (χ3n) is 3.86. The van der Waals surface area contributed by atoms with Gasteiger partial charge in [-0.1, -0.05) is 6.07 Å². The first-order valence-electron chi connectivity index (χ1n) is 7.37. The van der Waals surface area contributed by atoms with Crippen molar-refractivity contribution in [2.45, 2.75) is 25.8 Å². The Bertz CT molecular complexity index is 785. The number of rotatable bonds is 4. The molecule has 0 saturated carbocycles. The molecular weight excluding hydrogens is 316 g/mol. The van der Waals surface area contributed by atoms with Gasteiger partial charge in [0.1, 0.15) is 18.4 Å². The Labute approximate surface area is 136 Å².